The highest BCUT2D eigenvalue weighted by atomic mass is 16.5. The third-order valence-corrected chi connectivity index (χ3v) is 4.38. The zero-order chi connectivity index (χ0) is 18.0. The van der Waals surface area contributed by atoms with E-state index in [2.05, 4.69) is 10.5 Å². The molecule has 1 aromatic heterocycles. The van der Waals surface area contributed by atoms with Crippen molar-refractivity contribution in [1.82, 2.24) is 10.5 Å². The van der Waals surface area contributed by atoms with E-state index in [0.29, 0.717) is 24.4 Å². The first-order valence-electron chi connectivity index (χ1n) is 8.15. The minimum absolute atomic E-state index is 0.167. The van der Waals surface area contributed by atoms with Gasteiger partial charge in [0.2, 0.25) is 5.91 Å². The van der Waals surface area contributed by atoms with Crippen molar-refractivity contribution in [2.75, 3.05) is 6.61 Å². The number of hydrogen-bond donors (Lipinski definition) is 2. The molecule has 1 aliphatic heterocycles. The van der Waals surface area contributed by atoms with Crippen LogP contribution in [0.4, 0.5) is 0 Å². The van der Waals surface area contributed by atoms with Crippen LogP contribution in [0.5, 0.6) is 5.75 Å². The van der Waals surface area contributed by atoms with E-state index in [4.69, 9.17) is 9.26 Å². The highest BCUT2D eigenvalue weighted by Gasteiger charge is 2.24. The summed E-state index contributed by atoms with van der Waals surface area (Å²) in [6.07, 6.45) is 1.37. The lowest BCUT2D eigenvalue weighted by Crippen LogP contribution is -2.34. The fourth-order valence-corrected chi connectivity index (χ4v) is 3.00. The van der Waals surface area contributed by atoms with E-state index in [1.165, 1.54) is 0 Å². The van der Waals surface area contributed by atoms with Crippen LogP contribution >= 0.6 is 0 Å². The second-order valence-electron chi connectivity index (χ2n) is 6.11. The Hall–Kier alpha value is -2.83. The highest BCUT2D eigenvalue weighted by molar-refractivity contribution is 5.84. The number of nitrogens with one attached hydrogen (secondary N) is 1. The summed E-state index contributed by atoms with van der Waals surface area (Å²) in [5.74, 6) is 0.0324. The molecular formula is C18H20N2O5. The summed E-state index contributed by atoms with van der Waals surface area (Å²) < 4.78 is 10.5. The fraction of sp³-hybridized carbons (Fsp3) is 0.389. The van der Waals surface area contributed by atoms with E-state index in [0.717, 1.165) is 29.0 Å². The van der Waals surface area contributed by atoms with Gasteiger partial charge < -0.3 is 19.7 Å². The van der Waals surface area contributed by atoms with Crippen molar-refractivity contribution >= 4 is 11.9 Å². The number of aromatic nitrogens is 1. The van der Waals surface area contributed by atoms with Gasteiger partial charge in [0.05, 0.1) is 12.3 Å². The van der Waals surface area contributed by atoms with Crippen molar-refractivity contribution < 1.29 is 24.0 Å². The molecule has 1 atom stereocenters. The van der Waals surface area contributed by atoms with Crippen LogP contribution in [0.1, 0.15) is 40.6 Å². The second kappa shape index (κ2) is 6.96. The maximum atomic E-state index is 12.2. The maximum absolute atomic E-state index is 12.2. The Bertz CT molecular complexity index is 792. The van der Waals surface area contributed by atoms with Crippen molar-refractivity contribution in [1.29, 1.82) is 0 Å². The zero-order valence-corrected chi connectivity index (χ0v) is 14.2. The van der Waals surface area contributed by atoms with Gasteiger partial charge in [0.1, 0.15) is 11.5 Å². The largest absolute Gasteiger partial charge is 0.493 e. The Kier molecular flexibility index (Phi) is 4.74. The van der Waals surface area contributed by atoms with E-state index in [-0.39, 0.29) is 12.3 Å². The van der Waals surface area contributed by atoms with Crippen LogP contribution in [-0.2, 0) is 22.4 Å². The quantitative estimate of drug-likeness (QED) is 0.832. The molecule has 0 fully saturated rings. The molecule has 2 aromatic rings. The number of hydrogen-bond acceptors (Lipinski definition) is 5. The average Bonchev–Trinajstić information content (AvgIpc) is 3.16. The third-order valence-electron chi connectivity index (χ3n) is 4.38. The number of carbonyl (C=O) groups excluding carboxylic acids is 1. The SMILES string of the molecule is Cc1noc(C)c1CCC(=O)NC(C(=O)O)c1ccc2c(c1)CCO2. The number of aliphatic carboxylic acids is 1. The predicted octanol–water partition coefficient (Wildman–Crippen LogP) is 2.10. The van der Waals surface area contributed by atoms with Gasteiger partial charge in [0.15, 0.2) is 6.04 Å². The summed E-state index contributed by atoms with van der Waals surface area (Å²) in [6, 6.07) is 4.14. The molecule has 25 heavy (non-hydrogen) atoms. The molecule has 0 bridgehead atoms. The minimum Gasteiger partial charge on any atom is -0.493 e. The average molecular weight is 344 g/mol. The van der Waals surface area contributed by atoms with E-state index >= 15 is 0 Å². The van der Waals surface area contributed by atoms with Gasteiger partial charge in [0.25, 0.3) is 0 Å². The van der Waals surface area contributed by atoms with Gasteiger partial charge in [0, 0.05) is 18.4 Å². The molecule has 0 saturated heterocycles. The molecule has 2 N–H and O–H groups in total. The van der Waals surface area contributed by atoms with Gasteiger partial charge in [-0.2, -0.15) is 0 Å². The summed E-state index contributed by atoms with van der Waals surface area (Å²) in [6.45, 7) is 4.20. The van der Waals surface area contributed by atoms with Crippen LogP contribution in [0.15, 0.2) is 22.7 Å². The Labute approximate surface area is 145 Å². The lowest BCUT2D eigenvalue weighted by Gasteiger charge is -2.16. The van der Waals surface area contributed by atoms with Crippen LogP contribution in [0.25, 0.3) is 0 Å². The number of carboxylic acid groups (broad SMARTS) is 1. The van der Waals surface area contributed by atoms with E-state index < -0.39 is 12.0 Å². The summed E-state index contributed by atoms with van der Waals surface area (Å²) >= 11 is 0. The highest BCUT2D eigenvalue weighted by Crippen LogP contribution is 2.28. The lowest BCUT2D eigenvalue weighted by atomic mass is 10.0. The van der Waals surface area contributed by atoms with Gasteiger partial charge in [-0.25, -0.2) is 4.79 Å². The molecule has 1 amide bonds. The fourth-order valence-electron chi connectivity index (χ4n) is 3.00. The number of amides is 1. The number of ether oxygens (including phenoxy) is 1. The first kappa shape index (κ1) is 17.0. The molecule has 132 valence electrons. The van der Waals surface area contributed by atoms with Gasteiger partial charge in [-0.15, -0.1) is 0 Å². The molecule has 1 aromatic carbocycles. The molecule has 3 rings (SSSR count). The Morgan fingerprint density at radius 2 is 2.16 bits per heavy atom. The number of nitrogens with zero attached hydrogens (tertiary/aromatic N) is 1. The van der Waals surface area contributed by atoms with Crippen LogP contribution in [-0.4, -0.2) is 28.7 Å². The third kappa shape index (κ3) is 3.65. The number of aryl methyl sites for hydroxylation is 2. The number of carboxylic acids is 1. The maximum Gasteiger partial charge on any atom is 0.330 e. The summed E-state index contributed by atoms with van der Waals surface area (Å²) in [5, 5.41) is 15.9. The number of benzene rings is 1. The van der Waals surface area contributed by atoms with Gasteiger partial charge in [-0.05, 0) is 43.5 Å². The van der Waals surface area contributed by atoms with Crippen molar-refractivity contribution in [3.05, 3.63) is 46.3 Å². The number of fused-ring (bicyclic) bond motifs is 1. The standard InChI is InChI=1S/C18H20N2O5/c1-10-14(11(2)25-20-10)4-6-16(21)19-17(18(22)23)13-3-5-15-12(9-13)7-8-24-15/h3,5,9,17H,4,6-8H2,1-2H3,(H,19,21)(H,22,23). The smallest absolute Gasteiger partial charge is 0.330 e. The molecule has 7 nitrogen and oxygen atoms in total. The molecule has 1 unspecified atom stereocenters. The first-order chi connectivity index (χ1) is 12.0. The molecule has 0 spiro atoms. The Morgan fingerprint density at radius 1 is 1.36 bits per heavy atom. The summed E-state index contributed by atoms with van der Waals surface area (Å²) in [5.41, 5.74) is 3.14. The summed E-state index contributed by atoms with van der Waals surface area (Å²) in [4.78, 5) is 23.8. The van der Waals surface area contributed by atoms with Gasteiger partial charge >= 0.3 is 5.97 Å². The number of carbonyl (C=O) groups is 2. The van der Waals surface area contributed by atoms with Crippen LogP contribution in [0.3, 0.4) is 0 Å². The molecule has 0 saturated carbocycles. The van der Waals surface area contributed by atoms with E-state index in [1.807, 2.05) is 6.92 Å². The predicted molar refractivity (Wildman–Crippen MR) is 88.5 cm³/mol. The Balaban J connectivity index is 1.67. The van der Waals surface area contributed by atoms with Crippen molar-refractivity contribution in [2.24, 2.45) is 0 Å². The molecular weight excluding hydrogens is 324 g/mol. The van der Waals surface area contributed by atoms with Crippen molar-refractivity contribution in [3.63, 3.8) is 0 Å². The van der Waals surface area contributed by atoms with Crippen LogP contribution < -0.4 is 10.1 Å². The molecule has 2 heterocycles. The Morgan fingerprint density at radius 3 is 2.84 bits per heavy atom. The first-order valence-corrected chi connectivity index (χ1v) is 8.15. The molecule has 7 heteroatoms. The van der Waals surface area contributed by atoms with Gasteiger partial charge in [-0.3, -0.25) is 4.79 Å². The van der Waals surface area contributed by atoms with Crippen LogP contribution in [0, 0.1) is 13.8 Å². The lowest BCUT2D eigenvalue weighted by molar-refractivity contribution is -0.142. The number of rotatable bonds is 6. The summed E-state index contributed by atoms with van der Waals surface area (Å²) in [7, 11) is 0. The molecule has 0 radical (unpaired) electrons. The molecule has 1 aliphatic rings. The second-order valence-corrected chi connectivity index (χ2v) is 6.11. The minimum atomic E-state index is -1.09. The zero-order valence-electron chi connectivity index (χ0n) is 14.2. The topological polar surface area (TPSA) is 102 Å². The van der Waals surface area contributed by atoms with Crippen molar-refractivity contribution in [2.45, 2.75) is 39.2 Å². The van der Waals surface area contributed by atoms with E-state index in [1.54, 1.807) is 25.1 Å². The normalized spacial score (nSPS) is 13.8. The van der Waals surface area contributed by atoms with E-state index in [9.17, 15) is 14.7 Å². The monoisotopic (exact) mass is 344 g/mol. The van der Waals surface area contributed by atoms with Crippen molar-refractivity contribution in [3.8, 4) is 5.75 Å². The van der Waals surface area contributed by atoms with Crippen LogP contribution in [0.2, 0.25) is 0 Å². The van der Waals surface area contributed by atoms with Gasteiger partial charge in [-0.1, -0.05) is 11.2 Å². The molecule has 0 aliphatic carbocycles.